The van der Waals surface area contributed by atoms with Crippen LogP contribution in [0.25, 0.3) is 20.9 Å². The molecule has 0 saturated heterocycles. The lowest BCUT2D eigenvalue weighted by Crippen LogP contribution is -2.17. The van der Waals surface area contributed by atoms with Gasteiger partial charge in [0.2, 0.25) is 0 Å². The normalized spacial score (nSPS) is 10.2. The van der Waals surface area contributed by atoms with Crippen LogP contribution in [0.1, 0.15) is 22.8 Å². The molecule has 0 fully saturated rings. The zero-order valence-corrected chi connectivity index (χ0v) is 14.9. The van der Waals surface area contributed by atoms with E-state index in [0.717, 1.165) is 16.0 Å². The number of hydrogen-bond donors (Lipinski definition) is 0. The van der Waals surface area contributed by atoms with Gasteiger partial charge in [-0.1, -0.05) is 42.5 Å². The zero-order chi connectivity index (χ0) is 18.5. The summed E-state index contributed by atoms with van der Waals surface area (Å²) in [6.45, 7) is 1.91. The van der Waals surface area contributed by atoms with Gasteiger partial charge in [-0.15, -0.1) is 11.3 Å². The number of ether oxygens (including phenoxy) is 1. The summed E-state index contributed by atoms with van der Waals surface area (Å²) < 4.78 is 5.08. The highest BCUT2D eigenvalue weighted by Crippen LogP contribution is 2.33. The molecule has 0 bridgehead atoms. The number of carbonyl (C=O) groups is 1. The molecule has 0 saturated carbocycles. The van der Waals surface area contributed by atoms with Crippen molar-refractivity contribution in [1.82, 2.24) is 0 Å². The van der Waals surface area contributed by atoms with Crippen LogP contribution in [0.15, 0.2) is 65.5 Å². The molecule has 26 heavy (non-hydrogen) atoms. The SMILES string of the molecule is CCOC(=O)c1c(-c2ccccc2)sc(-c2ccc(C#N)cc2)cc1=O. The molecule has 2 aromatic carbocycles. The molecule has 0 aliphatic heterocycles. The van der Waals surface area contributed by atoms with Crippen LogP contribution in [0.3, 0.4) is 0 Å². The first-order valence-corrected chi connectivity index (χ1v) is 8.87. The van der Waals surface area contributed by atoms with Gasteiger partial charge in [0.05, 0.1) is 23.1 Å². The average molecular weight is 361 g/mol. The molecule has 0 unspecified atom stereocenters. The number of benzene rings is 2. The van der Waals surface area contributed by atoms with E-state index in [9.17, 15) is 9.59 Å². The van der Waals surface area contributed by atoms with Crippen molar-refractivity contribution in [3.05, 3.63) is 82.0 Å². The quantitative estimate of drug-likeness (QED) is 0.642. The topological polar surface area (TPSA) is 67.2 Å². The van der Waals surface area contributed by atoms with Crippen LogP contribution < -0.4 is 5.43 Å². The van der Waals surface area contributed by atoms with Gasteiger partial charge in [-0.05, 0) is 30.2 Å². The highest BCUT2D eigenvalue weighted by atomic mass is 32.1. The third kappa shape index (κ3) is 3.56. The Morgan fingerprint density at radius 3 is 2.38 bits per heavy atom. The van der Waals surface area contributed by atoms with E-state index in [4.69, 9.17) is 10.00 Å². The van der Waals surface area contributed by atoms with Crippen molar-refractivity contribution in [3.8, 4) is 27.0 Å². The summed E-state index contributed by atoms with van der Waals surface area (Å²) in [4.78, 5) is 26.3. The smallest absolute Gasteiger partial charge is 0.343 e. The molecule has 1 heterocycles. The lowest BCUT2D eigenvalue weighted by molar-refractivity contribution is 0.0526. The van der Waals surface area contributed by atoms with Crippen molar-refractivity contribution >= 4 is 17.3 Å². The molecule has 0 spiro atoms. The predicted octanol–water partition coefficient (Wildman–Crippen LogP) is 4.49. The third-order valence-electron chi connectivity index (χ3n) is 3.76. The second-order valence-electron chi connectivity index (χ2n) is 5.45. The van der Waals surface area contributed by atoms with E-state index in [0.29, 0.717) is 10.4 Å². The van der Waals surface area contributed by atoms with Gasteiger partial charge in [-0.2, -0.15) is 5.26 Å². The zero-order valence-electron chi connectivity index (χ0n) is 14.1. The van der Waals surface area contributed by atoms with Crippen LogP contribution in [0.2, 0.25) is 0 Å². The van der Waals surface area contributed by atoms with Gasteiger partial charge >= 0.3 is 5.97 Å². The van der Waals surface area contributed by atoms with Crippen LogP contribution in [0, 0.1) is 11.3 Å². The molecule has 0 aliphatic rings. The number of nitriles is 1. The monoisotopic (exact) mass is 361 g/mol. The first kappa shape index (κ1) is 17.6. The highest BCUT2D eigenvalue weighted by molar-refractivity contribution is 7.18. The number of nitrogens with zero attached hydrogens (tertiary/aromatic N) is 1. The second kappa shape index (κ2) is 7.77. The summed E-state index contributed by atoms with van der Waals surface area (Å²) in [6, 6.07) is 19.8. The van der Waals surface area contributed by atoms with E-state index in [1.807, 2.05) is 30.3 Å². The summed E-state index contributed by atoms with van der Waals surface area (Å²) >= 11 is 1.35. The Morgan fingerprint density at radius 2 is 1.77 bits per heavy atom. The Kier molecular flexibility index (Phi) is 5.26. The summed E-state index contributed by atoms with van der Waals surface area (Å²) in [5.74, 6) is -0.612. The highest BCUT2D eigenvalue weighted by Gasteiger charge is 2.20. The Bertz CT molecular complexity index is 1030. The molecule has 0 radical (unpaired) electrons. The fourth-order valence-electron chi connectivity index (χ4n) is 2.53. The van der Waals surface area contributed by atoms with E-state index < -0.39 is 5.97 Å². The average Bonchev–Trinajstić information content (AvgIpc) is 2.68. The van der Waals surface area contributed by atoms with Gasteiger partial charge in [0.1, 0.15) is 5.56 Å². The molecule has 3 aromatic rings. The van der Waals surface area contributed by atoms with Crippen LogP contribution in [-0.2, 0) is 4.74 Å². The lowest BCUT2D eigenvalue weighted by Gasteiger charge is -2.10. The van der Waals surface area contributed by atoms with Crippen LogP contribution in [0.5, 0.6) is 0 Å². The summed E-state index contributed by atoms with van der Waals surface area (Å²) in [5.41, 5.74) is 1.83. The van der Waals surface area contributed by atoms with Crippen LogP contribution in [0.4, 0.5) is 0 Å². The van der Waals surface area contributed by atoms with Crippen molar-refractivity contribution in [1.29, 1.82) is 5.26 Å². The molecule has 0 atom stereocenters. The second-order valence-corrected chi connectivity index (χ2v) is 6.51. The maximum atomic E-state index is 12.7. The Labute approximate surface area is 154 Å². The summed E-state index contributed by atoms with van der Waals surface area (Å²) in [5, 5.41) is 8.94. The maximum absolute atomic E-state index is 12.7. The minimum Gasteiger partial charge on any atom is -0.462 e. The minimum atomic E-state index is -0.612. The fraction of sp³-hybridized carbons (Fsp3) is 0.0952. The van der Waals surface area contributed by atoms with Gasteiger partial charge in [-0.3, -0.25) is 4.79 Å². The molecule has 3 rings (SSSR count). The molecule has 0 aliphatic carbocycles. The van der Waals surface area contributed by atoms with E-state index in [1.165, 1.54) is 17.4 Å². The van der Waals surface area contributed by atoms with Crippen molar-refractivity contribution in [2.24, 2.45) is 0 Å². The molecule has 4 nitrogen and oxygen atoms in total. The first-order valence-electron chi connectivity index (χ1n) is 8.05. The van der Waals surface area contributed by atoms with Crippen LogP contribution >= 0.6 is 11.3 Å². The number of esters is 1. The molecule has 0 amide bonds. The van der Waals surface area contributed by atoms with Crippen molar-refractivity contribution in [2.75, 3.05) is 6.61 Å². The largest absolute Gasteiger partial charge is 0.462 e. The van der Waals surface area contributed by atoms with Crippen LogP contribution in [-0.4, -0.2) is 12.6 Å². The van der Waals surface area contributed by atoms with Gasteiger partial charge in [0, 0.05) is 10.9 Å². The Balaban J connectivity index is 2.20. The lowest BCUT2D eigenvalue weighted by atomic mass is 10.1. The molecule has 0 N–H and O–H groups in total. The van der Waals surface area contributed by atoms with E-state index in [2.05, 4.69) is 6.07 Å². The number of carbonyl (C=O) groups excluding carboxylic acids is 1. The van der Waals surface area contributed by atoms with E-state index in [-0.39, 0.29) is 17.6 Å². The maximum Gasteiger partial charge on any atom is 0.343 e. The third-order valence-corrected chi connectivity index (χ3v) is 4.98. The first-order chi connectivity index (χ1) is 12.6. The van der Waals surface area contributed by atoms with Gasteiger partial charge in [0.15, 0.2) is 5.43 Å². The van der Waals surface area contributed by atoms with Gasteiger partial charge < -0.3 is 4.74 Å². The van der Waals surface area contributed by atoms with Crippen molar-refractivity contribution in [2.45, 2.75) is 6.92 Å². The standard InChI is InChI=1S/C21H15NO3S/c1-2-25-21(24)19-17(23)12-18(15-10-8-14(13-22)9-11-15)26-20(19)16-6-4-3-5-7-16/h3-12H,2H2,1H3. The molecule has 5 heteroatoms. The summed E-state index contributed by atoms with van der Waals surface area (Å²) in [6.07, 6.45) is 0. The van der Waals surface area contributed by atoms with Crippen molar-refractivity contribution in [3.63, 3.8) is 0 Å². The van der Waals surface area contributed by atoms with E-state index in [1.54, 1.807) is 31.2 Å². The number of rotatable bonds is 4. The predicted molar refractivity (Wildman–Crippen MR) is 102 cm³/mol. The Hall–Kier alpha value is -3.23. The molecule has 1 aromatic heterocycles. The molecule has 128 valence electrons. The Morgan fingerprint density at radius 1 is 1.08 bits per heavy atom. The minimum absolute atomic E-state index is 0.0560. The van der Waals surface area contributed by atoms with Gasteiger partial charge in [-0.25, -0.2) is 4.79 Å². The van der Waals surface area contributed by atoms with Gasteiger partial charge in [0.25, 0.3) is 0 Å². The fourth-order valence-corrected chi connectivity index (χ4v) is 3.71. The summed E-state index contributed by atoms with van der Waals surface area (Å²) in [7, 11) is 0. The van der Waals surface area contributed by atoms with Crippen molar-refractivity contribution < 1.29 is 9.53 Å². The molecular formula is C21H15NO3S. The molecular weight excluding hydrogens is 346 g/mol. The number of hydrogen-bond acceptors (Lipinski definition) is 5. The van der Waals surface area contributed by atoms with E-state index >= 15 is 0 Å².